The van der Waals surface area contributed by atoms with Gasteiger partial charge in [-0.1, -0.05) is 0 Å². The van der Waals surface area contributed by atoms with Crippen LogP contribution in [0.15, 0.2) is 0 Å². The van der Waals surface area contributed by atoms with Crippen molar-refractivity contribution in [2.75, 3.05) is 5.88 Å². The Hall–Kier alpha value is -0.280. The van der Waals surface area contributed by atoms with Crippen LogP contribution < -0.4 is 0 Å². The average Bonchev–Trinajstić information content (AvgIpc) is 2.37. The maximum absolute atomic E-state index is 10.6. The van der Waals surface area contributed by atoms with Crippen molar-refractivity contribution in [3.63, 3.8) is 0 Å². The third-order valence-electron chi connectivity index (χ3n) is 1.81. The molecule has 1 fully saturated rings. The highest BCUT2D eigenvalue weighted by Gasteiger charge is 2.28. The molecule has 0 aromatic carbocycles. The number of rotatable bonds is 2. The molecular formula is C7H11ClO3. The van der Waals surface area contributed by atoms with Crippen molar-refractivity contribution in [3.8, 4) is 0 Å². The second-order valence-corrected chi connectivity index (χ2v) is 2.93. The van der Waals surface area contributed by atoms with E-state index in [-0.39, 0.29) is 12.0 Å². The maximum Gasteiger partial charge on any atom is 0.321 e. The Morgan fingerprint density at radius 3 is 2.82 bits per heavy atom. The van der Waals surface area contributed by atoms with E-state index in [4.69, 9.17) is 16.3 Å². The van der Waals surface area contributed by atoms with E-state index in [0.29, 0.717) is 0 Å². The highest BCUT2D eigenvalue weighted by Crippen LogP contribution is 2.21. The number of aliphatic hydroxyl groups is 1. The Labute approximate surface area is 70.3 Å². The summed E-state index contributed by atoms with van der Waals surface area (Å²) >= 11 is 5.22. The minimum atomic E-state index is -0.484. The van der Waals surface area contributed by atoms with Crippen molar-refractivity contribution in [2.45, 2.75) is 31.5 Å². The second-order valence-electron chi connectivity index (χ2n) is 2.66. The summed E-state index contributed by atoms with van der Waals surface area (Å²) in [4.78, 5) is 10.6. The van der Waals surface area contributed by atoms with Crippen molar-refractivity contribution in [2.24, 2.45) is 0 Å². The van der Waals surface area contributed by atoms with Crippen LogP contribution >= 0.6 is 11.6 Å². The molecule has 0 bridgehead atoms. The zero-order valence-corrected chi connectivity index (χ0v) is 6.88. The van der Waals surface area contributed by atoms with Crippen molar-refractivity contribution >= 4 is 17.6 Å². The fourth-order valence-corrected chi connectivity index (χ4v) is 1.31. The number of aliphatic hydroxyl groups excluding tert-OH is 1. The molecule has 1 aliphatic carbocycles. The third-order valence-corrected chi connectivity index (χ3v) is 2.03. The van der Waals surface area contributed by atoms with E-state index in [2.05, 4.69) is 0 Å². The van der Waals surface area contributed by atoms with E-state index in [1.54, 1.807) is 0 Å². The molecule has 0 radical (unpaired) electrons. The summed E-state index contributed by atoms with van der Waals surface area (Å²) in [5.74, 6) is -0.582. The predicted octanol–water partition coefficient (Wildman–Crippen LogP) is 0.682. The van der Waals surface area contributed by atoms with E-state index in [1.165, 1.54) is 0 Å². The normalized spacial score (nSPS) is 30.4. The van der Waals surface area contributed by atoms with Gasteiger partial charge in [0.05, 0.1) is 6.10 Å². The van der Waals surface area contributed by atoms with Crippen LogP contribution in [0.2, 0.25) is 0 Å². The molecule has 64 valence electrons. The zero-order chi connectivity index (χ0) is 8.27. The van der Waals surface area contributed by atoms with Crippen LogP contribution in [-0.2, 0) is 9.53 Å². The van der Waals surface area contributed by atoms with Crippen molar-refractivity contribution in [1.82, 2.24) is 0 Å². The summed E-state index contributed by atoms with van der Waals surface area (Å²) in [6, 6.07) is 0. The van der Waals surface area contributed by atoms with Crippen LogP contribution in [0.25, 0.3) is 0 Å². The molecule has 11 heavy (non-hydrogen) atoms. The molecule has 0 aliphatic heterocycles. The first-order chi connectivity index (χ1) is 5.24. The number of hydrogen-bond donors (Lipinski definition) is 1. The molecule has 0 amide bonds. The van der Waals surface area contributed by atoms with E-state index >= 15 is 0 Å². The van der Waals surface area contributed by atoms with E-state index in [0.717, 1.165) is 19.3 Å². The highest BCUT2D eigenvalue weighted by molar-refractivity contribution is 6.26. The Kier molecular flexibility index (Phi) is 3.15. The summed E-state index contributed by atoms with van der Waals surface area (Å²) in [7, 11) is 0. The third kappa shape index (κ3) is 2.34. The molecule has 2 atom stereocenters. The monoisotopic (exact) mass is 178 g/mol. The van der Waals surface area contributed by atoms with Crippen LogP contribution in [0.5, 0.6) is 0 Å². The lowest BCUT2D eigenvalue weighted by Gasteiger charge is -2.14. The lowest BCUT2D eigenvalue weighted by molar-refractivity contribution is -0.150. The maximum atomic E-state index is 10.6. The van der Waals surface area contributed by atoms with Crippen LogP contribution in [0.1, 0.15) is 19.3 Å². The summed E-state index contributed by atoms with van der Waals surface area (Å²) in [6.07, 6.45) is 1.59. The Balaban J connectivity index is 2.30. The lowest BCUT2D eigenvalue weighted by Crippen LogP contribution is -2.26. The molecule has 1 aliphatic rings. The van der Waals surface area contributed by atoms with Crippen molar-refractivity contribution in [1.29, 1.82) is 0 Å². The van der Waals surface area contributed by atoms with Gasteiger partial charge in [0.15, 0.2) is 0 Å². The summed E-state index contributed by atoms with van der Waals surface area (Å²) < 4.78 is 4.85. The number of ether oxygens (including phenoxy) is 1. The van der Waals surface area contributed by atoms with Gasteiger partial charge in [-0.25, -0.2) is 0 Å². The number of alkyl halides is 1. The molecule has 3 nitrogen and oxygen atoms in total. The molecule has 0 aromatic heterocycles. The zero-order valence-electron chi connectivity index (χ0n) is 6.12. The first-order valence-electron chi connectivity index (χ1n) is 3.67. The fraction of sp³-hybridized carbons (Fsp3) is 0.857. The van der Waals surface area contributed by atoms with E-state index in [9.17, 15) is 9.90 Å². The molecule has 4 heteroatoms. The summed E-state index contributed by atoms with van der Waals surface area (Å²) in [5, 5.41) is 9.21. The van der Waals surface area contributed by atoms with E-state index in [1.807, 2.05) is 0 Å². The number of carbonyl (C=O) groups excluding carboxylic acids is 1. The number of carbonyl (C=O) groups is 1. The van der Waals surface area contributed by atoms with Gasteiger partial charge in [-0.2, -0.15) is 0 Å². The van der Waals surface area contributed by atoms with Gasteiger partial charge in [-0.05, 0) is 19.3 Å². The first-order valence-corrected chi connectivity index (χ1v) is 4.21. The highest BCUT2D eigenvalue weighted by atomic mass is 35.5. The van der Waals surface area contributed by atoms with Gasteiger partial charge in [0.2, 0.25) is 0 Å². The summed E-state index contributed by atoms with van der Waals surface area (Å²) in [5.41, 5.74) is 0. The van der Waals surface area contributed by atoms with Crippen LogP contribution in [0.3, 0.4) is 0 Å². The van der Waals surface area contributed by atoms with Gasteiger partial charge in [0.1, 0.15) is 12.0 Å². The smallest absolute Gasteiger partial charge is 0.321 e. The Morgan fingerprint density at radius 1 is 1.64 bits per heavy atom. The largest absolute Gasteiger partial charge is 0.459 e. The van der Waals surface area contributed by atoms with Crippen LogP contribution in [0.4, 0.5) is 0 Å². The minimum Gasteiger partial charge on any atom is -0.459 e. The lowest BCUT2D eigenvalue weighted by atomic mass is 10.3. The average molecular weight is 179 g/mol. The molecule has 0 heterocycles. The Bertz CT molecular complexity index is 149. The molecule has 0 spiro atoms. The van der Waals surface area contributed by atoms with Crippen LogP contribution in [0, 0.1) is 0 Å². The second kappa shape index (κ2) is 3.93. The predicted molar refractivity (Wildman–Crippen MR) is 40.5 cm³/mol. The SMILES string of the molecule is O=C(CCl)O[C@@H]1CCC[C@H]1O. The number of halogens is 1. The molecule has 1 saturated carbocycles. The minimum absolute atomic E-state index is 0.136. The Morgan fingerprint density at radius 2 is 2.36 bits per heavy atom. The van der Waals surface area contributed by atoms with Gasteiger partial charge in [0, 0.05) is 0 Å². The molecule has 0 aromatic rings. The van der Waals surface area contributed by atoms with Crippen molar-refractivity contribution in [3.05, 3.63) is 0 Å². The van der Waals surface area contributed by atoms with E-state index < -0.39 is 12.1 Å². The van der Waals surface area contributed by atoms with Gasteiger partial charge in [-0.3, -0.25) is 4.79 Å². The fourth-order valence-electron chi connectivity index (χ4n) is 1.24. The quantitative estimate of drug-likeness (QED) is 0.500. The topological polar surface area (TPSA) is 46.5 Å². The van der Waals surface area contributed by atoms with Gasteiger partial charge in [-0.15, -0.1) is 11.6 Å². The molecule has 0 saturated heterocycles. The number of hydrogen-bond acceptors (Lipinski definition) is 3. The first kappa shape index (κ1) is 8.81. The molecule has 1 N–H and O–H groups in total. The van der Waals surface area contributed by atoms with Crippen molar-refractivity contribution < 1.29 is 14.6 Å². The molecule has 1 rings (SSSR count). The summed E-state index contributed by atoms with van der Waals surface area (Å²) in [6.45, 7) is 0. The molecule has 0 unspecified atom stereocenters. The molecular weight excluding hydrogens is 168 g/mol. The van der Waals surface area contributed by atoms with Crippen LogP contribution in [-0.4, -0.2) is 29.2 Å². The van der Waals surface area contributed by atoms with Gasteiger partial charge >= 0.3 is 5.97 Å². The standard InChI is InChI=1S/C7H11ClO3/c8-4-7(10)11-6-3-1-2-5(6)9/h5-6,9H,1-4H2/t5-,6-/m1/s1. The van der Waals surface area contributed by atoms with Gasteiger partial charge < -0.3 is 9.84 Å². The number of esters is 1. The van der Waals surface area contributed by atoms with Gasteiger partial charge in [0.25, 0.3) is 0 Å².